The quantitative estimate of drug-likeness (QED) is 0.0944. The molecule has 2 N–H and O–H groups in total. The normalized spacial score (nSPS) is 11.4. The molecule has 0 aromatic heterocycles. The van der Waals surface area contributed by atoms with Gasteiger partial charge in [0.05, 0.1) is 12.7 Å². The van der Waals surface area contributed by atoms with E-state index in [0.29, 0.717) is 36.9 Å². The SMILES string of the molecule is CC/C(=C(\ON)c1cc(-c2ccccc2)c(OCc2ccccc2)cc1OCc1ccccc1)c1ccc(OC)cc1. The molecule has 0 aliphatic rings. The highest BCUT2D eigenvalue weighted by atomic mass is 16.6. The molecule has 5 nitrogen and oxygen atoms in total. The van der Waals surface area contributed by atoms with E-state index in [0.717, 1.165) is 44.7 Å². The predicted molar refractivity (Wildman–Crippen MR) is 169 cm³/mol. The number of hydrogen-bond acceptors (Lipinski definition) is 5. The van der Waals surface area contributed by atoms with Crippen molar-refractivity contribution in [2.75, 3.05) is 7.11 Å². The summed E-state index contributed by atoms with van der Waals surface area (Å²) in [5.74, 6) is 8.68. The van der Waals surface area contributed by atoms with E-state index in [4.69, 9.17) is 24.9 Å². The van der Waals surface area contributed by atoms with E-state index in [2.05, 4.69) is 37.3 Å². The Morgan fingerprint density at radius 3 is 1.71 bits per heavy atom. The van der Waals surface area contributed by atoms with E-state index in [1.54, 1.807) is 7.11 Å². The third-order valence-corrected chi connectivity index (χ3v) is 7.07. The van der Waals surface area contributed by atoms with Gasteiger partial charge in [-0.05, 0) is 46.9 Å². The van der Waals surface area contributed by atoms with Crippen LogP contribution in [0, 0.1) is 0 Å². The molecule has 0 saturated carbocycles. The fraction of sp³-hybridized carbons (Fsp3) is 0.135. The third-order valence-electron chi connectivity index (χ3n) is 7.07. The lowest BCUT2D eigenvalue weighted by Gasteiger charge is -2.21. The first-order chi connectivity index (χ1) is 20.7. The Hall–Kier alpha value is -5.00. The van der Waals surface area contributed by atoms with Crippen molar-refractivity contribution in [3.8, 4) is 28.4 Å². The van der Waals surface area contributed by atoms with Crippen LogP contribution in [0.15, 0.2) is 127 Å². The number of benzene rings is 5. The first kappa shape index (κ1) is 28.5. The van der Waals surface area contributed by atoms with Crippen molar-refractivity contribution in [2.24, 2.45) is 5.90 Å². The molecule has 5 heteroatoms. The summed E-state index contributed by atoms with van der Waals surface area (Å²) < 4.78 is 18.3. The molecular formula is C37H35NO4. The molecule has 0 amide bonds. The van der Waals surface area contributed by atoms with Crippen molar-refractivity contribution in [1.29, 1.82) is 0 Å². The second kappa shape index (κ2) is 14.1. The van der Waals surface area contributed by atoms with Crippen LogP contribution < -0.4 is 20.1 Å². The zero-order valence-corrected chi connectivity index (χ0v) is 24.0. The molecule has 0 radical (unpaired) electrons. The smallest absolute Gasteiger partial charge is 0.161 e. The molecule has 0 spiro atoms. The summed E-state index contributed by atoms with van der Waals surface area (Å²) in [7, 11) is 1.66. The van der Waals surface area contributed by atoms with Crippen LogP contribution in [0.2, 0.25) is 0 Å². The van der Waals surface area contributed by atoms with Crippen molar-refractivity contribution in [2.45, 2.75) is 26.6 Å². The highest BCUT2D eigenvalue weighted by Crippen LogP contribution is 2.42. The standard InChI is InChI=1S/C37H35NO4/c1-3-32(30-19-21-31(39-2)22-20-30)37(42-38)34-23-33(29-17-11-6-12-18-29)35(40-25-27-13-7-4-8-14-27)24-36(34)41-26-28-15-9-5-10-16-28/h4-24H,3,25-26,38H2,1-2H3/b37-32+. The number of nitrogens with two attached hydrogens (primary N) is 1. The molecule has 5 aromatic carbocycles. The van der Waals surface area contributed by atoms with Gasteiger partial charge in [0.2, 0.25) is 0 Å². The van der Waals surface area contributed by atoms with Gasteiger partial charge in [0.1, 0.15) is 30.5 Å². The maximum Gasteiger partial charge on any atom is 0.161 e. The third kappa shape index (κ3) is 6.82. The van der Waals surface area contributed by atoms with Crippen molar-refractivity contribution in [1.82, 2.24) is 0 Å². The van der Waals surface area contributed by atoms with Crippen LogP contribution in [0.25, 0.3) is 22.5 Å². The fourth-order valence-corrected chi connectivity index (χ4v) is 4.88. The minimum absolute atomic E-state index is 0.374. The molecule has 5 rings (SSSR count). The first-order valence-electron chi connectivity index (χ1n) is 14.0. The molecule has 0 atom stereocenters. The summed E-state index contributed by atoms with van der Waals surface area (Å²) in [5, 5.41) is 0. The number of methoxy groups -OCH3 is 1. The van der Waals surface area contributed by atoms with Gasteiger partial charge < -0.3 is 19.0 Å². The molecule has 212 valence electrons. The number of ether oxygens (including phenoxy) is 3. The molecule has 0 fully saturated rings. The van der Waals surface area contributed by atoms with Gasteiger partial charge in [0, 0.05) is 17.2 Å². The van der Waals surface area contributed by atoms with Crippen LogP contribution in [0.1, 0.15) is 35.6 Å². The van der Waals surface area contributed by atoms with Crippen molar-refractivity contribution in [3.63, 3.8) is 0 Å². The Morgan fingerprint density at radius 2 is 1.19 bits per heavy atom. The molecule has 5 aromatic rings. The molecule has 0 saturated heterocycles. The number of allylic oxidation sites excluding steroid dienone is 1. The summed E-state index contributed by atoms with van der Waals surface area (Å²) in [5.41, 5.74) is 6.72. The lowest BCUT2D eigenvalue weighted by atomic mass is 9.95. The number of rotatable bonds is 12. The largest absolute Gasteiger partial charge is 0.497 e. The van der Waals surface area contributed by atoms with Crippen LogP contribution in [-0.4, -0.2) is 7.11 Å². The van der Waals surface area contributed by atoms with Gasteiger partial charge in [-0.15, -0.1) is 0 Å². The average molecular weight is 558 g/mol. The first-order valence-corrected chi connectivity index (χ1v) is 14.0. The van der Waals surface area contributed by atoms with Crippen molar-refractivity contribution in [3.05, 3.63) is 150 Å². The monoisotopic (exact) mass is 557 g/mol. The van der Waals surface area contributed by atoms with Gasteiger partial charge in [-0.2, -0.15) is 5.90 Å². The second-order valence-electron chi connectivity index (χ2n) is 9.77. The molecule has 0 unspecified atom stereocenters. The molecule has 0 heterocycles. The van der Waals surface area contributed by atoms with E-state index in [1.165, 1.54) is 0 Å². The highest BCUT2D eigenvalue weighted by molar-refractivity contribution is 5.91. The van der Waals surface area contributed by atoms with E-state index < -0.39 is 0 Å². The maximum atomic E-state index is 6.49. The van der Waals surface area contributed by atoms with Crippen LogP contribution in [0.3, 0.4) is 0 Å². The Balaban J connectivity index is 1.66. The lowest BCUT2D eigenvalue weighted by Crippen LogP contribution is -2.07. The van der Waals surface area contributed by atoms with Crippen LogP contribution in [0.4, 0.5) is 0 Å². The summed E-state index contributed by atoms with van der Waals surface area (Å²) in [6.45, 7) is 2.87. The van der Waals surface area contributed by atoms with Gasteiger partial charge in [-0.1, -0.05) is 110 Å². The molecular weight excluding hydrogens is 522 g/mol. The van der Waals surface area contributed by atoms with Crippen molar-refractivity contribution < 1.29 is 19.0 Å². The van der Waals surface area contributed by atoms with Crippen LogP contribution in [0.5, 0.6) is 17.2 Å². The Kier molecular flexibility index (Phi) is 9.55. The summed E-state index contributed by atoms with van der Waals surface area (Å²) >= 11 is 0. The van der Waals surface area contributed by atoms with Crippen LogP contribution in [-0.2, 0) is 18.1 Å². The highest BCUT2D eigenvalue weighted by Gasteiger charge is 2.21. The fourth-order valence-electron chi connectivity index (χ4n) is 4.88. The van der Waals surface area contributed by atoms with Crippen LogP contribution >= 0.6 is 0 Å². The zero-order chi connectivity index (χ0) is 29.1. The molecule has 0 aliphatic heterocycles. The summed E-state index contributed by atoms with van der Waals surface area (Å²) in [4.78, 5) is 5.68. The van der Waals surface area contributed by atoms with Gasteiger partial charge in [0.15, 0.2) is 5.76 Å². The Bertz CT molecular complexity index is 1600. The second-order valence-corrected chi connectivity index (χ2v) is 9.77. The minimum Gasteiger partial charge on any atom is -0.497 e. The van der Waals surface area contributed by atoms with Gasteiger partial charge in [-0.3, -0.25) is 0 Å². The molecule has 0 bridgehead atoms. The van der Waals surface area contributed by atoms with E-state index in [9.17, 15) is 0 Å². The minimum atomic E-state index is 0.374. The topological polar surface area (TPSA) is 62.9 Å². The maximum absolute atomic E-state index is 6.49. The van der Waals surface area contributed by atoms with Gasteiger partial charge in [-0.25, -0.2) is 0 Å². The number of hydrogen-bond donors (Lipinski definition) is 1. The van der Waals surface area contributed by atoms with Gasteiger partial charge >= 0.3 is 0 Å². The summed E-state index contributed by atoms with van der Waals surface area (Å²) in [6.07, 6.45) is 0.684. The van der Waals surface area contributed by atoms with Crippen molar-refractivity contribution >= 4 is 11.3 Å². The van der Waals surface area contributed by atoms with E-state index in [1.807, 2.05) is 97.1 Å². The average Bonchev–Trinajstić information content (AvgIpc) is 3.06. The Morgan fingerprint density at radius 1 is 0.643 bits per heavy atom. The predicted octanol–water partition coefficient (Wildman–Crippen LogP) is 8.69. The van der Waals surface area contributed by atoms with E-state index >= 15 is 0 Å². The van der Waals surface area contributed by atoms with E-state index in [-0.39, 0.29) is 0 Å². The molecule has 42 heavy (non-hydrogen) atoms. The zero-order valence-electron chi connectivity index (χ0n) is 24.0. The van der Waals surface area contributed by atoms with Gasteiger partial charge in [0.25, 0.3) is 0 Å². The summed E-state index contributed by atoms with van der Waals surface area (Å²) in [6, 6.07) is 42.2. The lowest BCUT2D eigenvalue weighted by molar-refractivity contribution is 0.275. The Labute approximate surface area is 247 Å². The molecule has 0 aliphatic carbocycles.